The molecule has 2 rings (SSSR count). The number of ether oxygens (including phenoxy) is 3. The first-order valence-corrected chi connectivity index (χ1v) is 8.53. The van der Waals surface area contributed by atoms with E-state index in [1.807, 2.05) is 0 Å². The Balaban J connectivity index is 2.39. The molecule has 7 nitrogen and oxygen atoms in total. The number of methoxy groups -OCH3 is 3. The van der Waals surface area contributed by atoms with Crippen molar-refractivity contribution in [3.8, 4) is 17.2 Å². The standard InChI is InChI=1S/C14H22N2O5S/c1-19-11-7-12(20-2)14(13(8-11)21-3)22(17,18)16-10-5-4-6-15-9-10/h7-8,10,15-16H,4-6,9H2,1-3H3. The number of nitrogens with one attached hydrogen (secondary N) is 2. The van der Waals surface area contributed by atoms with Crippen molar-refractivity contribution in [1.82, 2.24) is 10.0 Å². The highest BCUT2D eigenvalue weighted by atomic mass is 32.2. The van der Waals surface area contributed by atoms with E-state index in [1.165, 1.54) is 33.5 Å². The lowest BCUT2D eigenvalue weighted by Gasteiger charge is -2.24. The quantitative estimate of drug-likeness (QED) is 0.800. The van der Waals surface area contributed by atoms with Crippen LogP contribution in [-0.2, 0) is 10.0 Å². The lowest BCUT2D eigenvalue weighted by molar-refractivity contribution is 0.357. The molecule has 22 heavy (non-hydrogen) atoms. The highest BCUT2D eigenvalue weighted by molar-refractivity contribution is 7.89. The maximum Gasteiger partial charge on any atom is 0.248 e. The third kappa shape index (κ3) is 3.63. The molecule has 1 saturated heterocycles. The maximum atomic E-state index is 12.7. The lowest BCUT2D eigenvalue weighted by Crippen LogP contribution is -2.45. The molecule has 0 bridgehead atoms. The Morgan fingerprint density at radius 1 is 1.14 bits per heavy atom. The summed E-state index contributed by atoms with van der Waals surface area (Å²) in [6.45, 7) is 1.52. The Hall–Kier alpha value is -1.51. The summed E-state index contributed by atoms with van der Waals surface area (Å²) < 4.78 is 43.7. The fraction of sp³-hybridized carbons (Fsp3) is 0.571. The predicted molar refractivity (Wildman–Crippen MR) is 82.3 cm³/mol. The smallest absolute Gasteiger partial charge is 0.248 e. The van der Waals surface area contributed by atoms with Crippen LogP contribution in [0.4, 0.5) is 0 Å². The minimum Gasteiger partial charge on any atom is -0.496 e. The molecule has 0 amide bonds. The molecule has 2 N–H and O–H groups in total. The second-order valence-electron chi connectivity index (χ2n) is 5.03. The van der Waals surface area contributed by atoms with Crippen LogP contribution in [0.15, 0.2) is 17.0 Å². The van der Waals surface area contributed by atoms with Gasteiger partial charge in [0.1, 0.15) is 17.2 Å². The highest BCUT2D eigenvalue weighted by Crippen LogP contribution is 2.37. The van der Waals surface area contributed by atoms with Crippen LogP contribution in [0.2, 0.25) is 0 Å². The van der Waals surface area contributed by atoms with Gasteiger partial charge in [-0.2, -0.15) is 0 Å². The molecule has 1 aliphatic heterocycles. The van der Waals surface area contributed by atoms with Gasteiger partial charge in [0.15, 0.2) is 4.90 Å². The van der Waals surface area contributed by atoms with Gasteiger partial charge in [-0.3, -0.25) is 0 Å². The van der Waals surface area contributed by atoms with Gasteiger partial charge in [-0.05, 0) is 19.4 Å². The zero-order chi connectivity index (χ0) is 16.2. The number of rotatable bonds is 6. The minimum atomic E-state index is -3.77. The molecule has 8 heteroatoms. The van der Waals surface area contributed by atoms with Gasteiger partial charge in [0.2, 0.25) is 10.0 Å². The largest absolute Gasteiger partial charge is 0.496 e. The molecule has 1 unspecified atom stereocenters. The topological polar surface area (TPSA) is 85.9 Å². The van der Waals surface area contributed by atoms with Crippen LogP contribution in [0.5, 0.6) is 17.2 Å². The molecule has 1 aliphatic rings. The second-order valence-corrected chi connectivity index (χ2v) is 6.68. The maximum absolute atomic E-state index is 12.7. The van der Waals surface area contributed by atoms with Gasteiger partial charge >= 0.3 is 0 Å². The first-order chi connectivity index (χ1) is 10.5. The number of piperidine rings is 1. The van der Waals surface area contributed by atoms with Gasteiger partial charge in [-0.1, -0.05) is 0 Å². The van der Waals surface area contributed by atoms with Crippen LogP contribution in [0, 0.1) is 0 Å². The first kappa shape index (κ1) is 16.9. The van der Waals surface area contributed by atoms with Gasteiger partial charge in [0, 0.05) is 24.7 Å². The molecule has 124 valence electrons. The van der Waals surface area contributed by atoms with Crippen LogP contribution >= 0.6 is 0 Å². The Morgan fingerprint density at radius 2 is 1.77 bits per heavy atom. The lowest BCUT2D eigenvalue weighted by atomic mass is 10.1. The predicted octanol–water partition coefficient (Wildman–Crippen LogP) is 0.743. The summed E-state index contributed by atoms with van der Waals surface area (Å²) in [6, 6.07) is 2.90. The summed E-state index contributed by atoms with van der Waals surface area (Å²) in [7, 11) is 0.553. The third-order valence-electron chi connectivity index (χ3n) is 3.56. The van der Waals surface area contributed by atoms with Crippen molar-refractivity contribution in [2.24, 2.45) is 0 Å². The van der Waals surface area contributed by atoms with E-state index in [4.69, 9.17) is 14.2 Å². The summed E-state index contributed by atoms with van der Waals surface area (Å²) in [5.74, 6) is 0.840. The summed E-state index contributed by atoms with van der Waals surface area (Å²) >= 11 is 0. The van der Waals surface area contributed by atoms with E-state index in [1.54, 1.807) is 0 Å². The minimum absolute atomic E-state index is 0.0103. The van der Waals surface area contributed by atoms with Crippen molar-refractivity contribution in [1.29, 1.82) is 0 Å². The average Bonchev–Trinajstić information content (AvgIpc) is 2.53. The average molecular weight is 330 g/mol. The Kier molecular flexibility index (Phi) is 5.49. The van der Waals surface area contributed by atoms with E-state index in [0.717, 1.165) is 19.4 Å². The molecule has 1 aromatic carbocycles. The van der Waals surface area contributed by atoms with Gasteiger partial charge in [0.05, 0.1) is 21.3 Å². The van der Waals surface area contributed by atoms with Gasteiger partial charge in [-0.25, -0.2) is 13.1 Å². The van der Waals surface area contributed by atoms with Gasteiger partial charge in [0.25, 0.3) is 0 Å². The molecule has 0 aliphatic carbocycles. The van der Waals surface area contributed by atoms with Crippen LogP contribution in [0.3, 0.4) is 0 Å². The van der Waals surface area contributed by atoms with Crippen molar-refractivity contribution in [2.75, 3.05) is 34.4 Å². The highest BCUT2D eigenvalue weighted by Gasteiger charge is 2.29. The molecule has 0 spiro atoms. The van der Waals surface area contributed by atoms with Crippen LogP contribution in [-0.4, -0.2) is 48.9 Å². The van der Waals surface area contributed by atoms with E-state index in [0.29, 0.717) is 12.3 Å². The molecule has 1 fully saturated rings. The third-order valence-corrected chi connectivity index (χ3v) is 5.14. The first-order valence-electron chi connectivity index (χ1n) is 7.05. The molecule has 1 heterocycles. The van der Waals surface area contributed by atoms with Crippen molar-refractivity contribution in [2.45, 2.75) is 23.8 Å². The fourth-order valence-corrected chi connectivity index (χ4v) is 4.04. The van der Waals surface area contributed by atoms with Crippen molar-refractivity contribution < 1.29 is 22.6 Å². The summed E-state index contributed by atoms with van der Waals surface area (Å²) in [6.07, 6.45) is 1.73. The number of sulfonamides is 1. The number of benzene rings is 1. The summed E-state index contributed by atoms with van der Waals surface area (Å²) in [5, 5.41) is 3.17. The van der Waals surface area contributed by atoms with E-state index in [9.17, 15) is 8.42 Å². The summed E-state index contributed by atoms with van der Waals surface area (Å²) in [4.78, 5) is -0.0103. The molecule has 0 radical (unpaired) electrons. The SMILES string of the molecule is COc1cc(OC)c(S(=O)(=O)NC2CCCNC2)c(OC)c1. The van der Waals surface area contributed by atoms with Crippen molar-refractivity contribution in [3.63, 3.8) is 0 Å². The van der Waals surface area contributed by atoms with Crippen LogP contribution in [0.1, 0.15) is 12.8 Å². The monoisotopic (exact) mass is 330 g/mol. The molecular weight excluding hydrogens is 308 g/mol. The van der Waals surface area contributed by atoms with Crippen LogP contribution < -0.4 is 24.2 Å². The molecule has 0 aromatic heterocycles. The Morgan fingerprint density at radius 3 is 2.23 bits per heavy atom. The Bertz CT molecular complexity index is 587. The summed E-state index contributed by atoms with van der Waals surface area (Å²) in [5.41, 5.74) is 0. The zero-order valence-corrected chi connectivity index (χ0v) is 13.8. The normalized spacial score (nSPS) is 18.8. The van der Waals surface area contributed by atoms with Gasteiger partial charge in [-0.15, -0.1) is 0 Å². The Labute approximate surface area is 131 Å². The van der Waals surface area contributed by atoms with Gasteiger partial charge < -0.3 is 19.5 Å². The van der Waals surface area contributed by atoms with Crippen LogP contribution in [0.25, 0.3) is 0 Å². The van der Waals surface area contributed by atoms with Crippen molar-refractivity contribution >= 4 is 10.0 Å². The molecule has 1 aromatic rings. The number of hydrogen-bond acceptors (Lipinski definition) is 6. The van der Waals surface area contributed by atoms with E-state index in [-0.39, 0.29) is 22.4 Å². The number of hydrogen-bond donors (Lipinski definition) is 2. The molecule has 0 saturated carbocycles. The van der Waals surface area contributed by atoms with E-state index in [2.05, 4.69) is 10.0 Å². The van der Waals surface area contributed by atoms with Crippen molar-refractivity contribution in [3.05, 3.63) is 12.1 Å². The fourth-order valence-electron chi connectivity index (χ4n) is 2.47. The molecule has 1 atom stereocenters. The molecular formula is C14H22N2O5S. The van der Waals surface area contributed by atoms with E-state index >= 15 is 0 Å². The zero-order valence-electron chi connectivity index (χ0n) is 13.0. The second kappa shape index (κ2) is 7.17. The van der Waals surface area contributed by atoms with E-state index < -0.39 is 10.0 Å².